The molecular weight excluding hydrogens is 375 g/mol. The molecular formula is C18H19FN2O5S. The number of carbonyl (C=O) groups is 2. The summed E-state index contributed by atoms with van der Waals surface area (Å²) in [7, 11) is -4.20. The van der Waals surface area contributed by atoms with Gasteiger partial charge in [-0.3, -0.25) is 9.59 Å². The Hall–Kier alpha value is -2.78. The van der Waals surface area contributed by atoms with Crippen LogP contribution in [0, 0.1) is 12.7 Å². The van der Waals surface area contributed by atoms with E-state index in [9.17, 15) is 22.4 Å². The van der Waals surface area contributed by atoms with Crippen LogP contribution in [-0.4, -0.2) is 33.4 Å². The Morgan fingerprint density at radius 1 is 1.07 bits per heavy atom. The molecule has 0 bridgehead atoms. The van der Waals surface area contributed by atoms with Crippen molar-refractivity contribution >= 4 is 21.9 Å². The average Bonchev–Trinajstić information content (AvgIpc) is 2.64. The van der Waals surface area contributed by atoms with Crippen LogP contribution in [0.2, 0.25) is 0 Å². The Kier molecular flexibility index (Phi) is 7.03. The molecule has 0 unspecified atom stereocenters. The summed E-state index contributed by atoms with van der Waals surface area (Å²) < 4.78 is 44.1. The monoisotopic (exact) mass is 394 g/mol. The van der Waals surface area contributed by atoms with E-state index < -0.39 is 45.8 Å². The number of ether oxygens (including phenoxy) is 1. The lowest BCUT2D eigenvalue weighted by molar-refractivity contribution is -0.147. The van der Waals surface area contributed by atoms with Crippen molar-refractivity contribution in [3.8, 4) is 0 Å². The van der Waals surface area contributed by atoms with Gasteiger partial charge in [-0.25, -0.2) is 12.8 Å². The molecule has 2 aromatic rings. The summed E-state index contributed by atoms with van der Waals surface area (Å²) in [5.74, 6) is -2.42. The van der Waals surface area contributed by atoms with Gasteiger partial charge >= 0.3 is 5.97 Å². The number of nitrogens with one attached hydrogen (secondary N) is 2. The second-order valence-electron chi connectivity index (χ2n) is 5.62. The quantitative estimate of drug-likeness (QED) is 0.657. The zero-order chi connectivity index (χ0) is 19.9. The number of sulfonamides is 1. The zero-order valence-electron chi connectivity index (χ0n) is 14.6. The minimum absolute atomic E-state index is 0.281. The fraction of sp³-hybridized carbons (Fsp3) is 0.222. The van der Waals surface area contributed by atoms with E-state index >= 15 is 0 Å². The van der Waals surface area contributed by atoms with Crippen molar-refractivity contribution in [1.82, 2.24) is 10.0 Å². The van der Waals surface area contributed by atoms with Crippen LogP contribution in [0.25, 0.3) is 0 Å². The van der Waals surface area contributed by atoms with Gasteiger partial charge in [0, 0.05) is 6.54 Å². The van der Waals surface area contributed by atoms with Gasteiger partial charge in [0.2, 0.25) is 10.0 Å². The van der Waals surface area contributed by atoms with E-state index in [0.717, 1.165) is 23.3 Å². The first-order valence-electron chi connectivity index (χ1n) is 8.00. The lowest BCUT2D eigenvalue weighted by Gasteiger charge is -2.09. The van der Waals surface area contributed by atoms with Gasteiger partial charge in [0.15, 0.2) is 6.61 Å². The average molecular weight is 394 g/mol. The van der Waals surface area contributed by atoms with Crippen LogP contribution in [0.3, 0.4) is 0 Å². The lowest BCUT2D eigenvalue weighted by Crippen LogP contribution is -2.34. The predicted molar refractivity (Wildman–Crippen MR) is 95.6 cm³/mol. The van der Waals surface area contributed by atoms with Crippen LogP contribution < -0.4 is 10.0 Å². The van der Waals surface area contributed by atoms with Crippen LogP contribution >= 0.6 is 0 Å². The molecule has 2 rings (SSSR count). The van der Waals surface area contributed by atoms with E-state index in [4.69, 9.17) is 4.74 Å². The molecule has 0 saturated heterocycles. The van der Waals surface area contributed by atoms with E-state index in [2.05, 4.69) is 5.32 Å². The molecule has 0 spiro atoms. The Bertz CT molecular complexity index is 931. The maximum atomic E-state index is 13.5. The third-order valence-electron chi connectivity index (χ3n) is 3.63. The van der Waals surface area contributed by atoms with Gasteiger partial charge in [-0.05, 0) is 30.2 Å². The molecule has 0 aromatic heterocycles. The van der Waals surface area contributed by atoms with E-state index in [1.165, 1.54) is 12.1 Å². The molecule has 2 aromatic carbocycles. The second-order valence-corrected chi connectivity index (χ2v) is 7.35. The number of esters is 1. The zero-order valence-corrected chi connectivity index (χ0v) is 15.4. The van der Waals surface area contributed by atoms with Crippen LogP contribution in [0.5, 0.6) is 0 Å². The highest BCUT2D eigenvalue weighted by Gasteiger charge is 2.20. The molecule has 1 amide bonds. The van der Waals surface area contributed by atoms with Gasteiger partial charge in [-0.1, -0.05) is 36.4 Å². The molecule has 0 fully saturated rings. The van der Waals surface area contributed by atoms with Crippen molar-refractivity contribution in [1.29, 1.82) is 0 Å². The smallest absolute Gasteiger partial charge is 0.321 e. The number of hydrogen-bond donors (Lipinski definition) is 2. The molecule has 0 aliphatic rings. The summed E-state index contributed by atoms with van der Waals surface area (Å²) in [4.78, 5) is 22.8. The Balaban J connectivity index is 1.77. The van der Waals surface area contributed by atoms with Gasteiger partial charge in [-0.15, -0.1) is 0 Å². The molecule has 7 nitrogen and oxygen atoms in total. The molecule has 27 heavy (non-hydrogen) atoms. The predicted octanol–water partition coefficient (Wildman–Crippen LogP) is 1.27. The molecule has 144 valence electrons. The summed E-state index contributed by atoms with van der Waals surface area (Å²) in [6.45, 7) is 0.917. The summed E-state index contributed by atoms with van der Waals surface area (Å²) >= 11 is 0. The number of halogens is 1. The Morgan fingerprint density at radius 3 is 2.44 bits per heavy atom. The standard InChI is InChI=1S/C18H19FN2O5S/c1-13-6-2-3-7-14(13)10-20-17(22)12-26-18(23)11-21-27(24,25)16-9-5-4-8-15(16)19/h2-9,21H,10-12H2,1H3,(H,20,22). The number of amides is 1. The minimum atomic E-state index is -4.20. The Labute approximate surface area is 156 Å². The van der Waals surface area contributed by atoms with Crippen molar-refractivity contribution < 1.29 is 27.1 Å². The SMILES string of the molecule is Cc1ccccc1CNC(=O)COC(=O)CNS(=O)(=O)c1ccccc1F. The maximum absolute atomic E-state index is 13.5. The van der Waals surface area contributed by atoms with Gasteiger partial charge in [0.25, 0.3) is 5.91 Å². The molecule has 0 atom stereocenters. The number of carbonyl (C=O) groups excluding carboxylic acids is 2. The first-order valence-corrected chi connectivity index (χ1v) is 9.49. The fourth-order valence-corrected chi connectivity index (χ4v) is 3.19. The molecule has 0 aliphatic heterocycles. The molecule has 0 aliphatic carbocycles. The van der Waals surface area contributed by atoms with E-state index in [1.807, 2.05) is 35.9 Å². The molecule has 0 heterocycles. The summed E-state index contributed by atoms with van der Waals surface area (Å²) in [6.07, 6.45) is 0. The van der Waals surface area contributed by atoms with Crippen LogP contribution in [0.15, 0.2) is 53.4 Å². The van der Waals surface area contributed by atoms with Gasteiger partial charge in [0.1, 0.15) is 17.3 Å². The number of hydrogen-bond acceptors (Lipinski definition) is 5. The molecule has 0 saturated carbocycles. The number of rotatable bonds is 8. The fourth-order valence-electron chi connectivity index (χ4n) is 2.14. The Morgan fingerprint density at radius 2 is 1.74 bits per heavy atom. The number of aryl methyl sites for hydroxylation is 1. The second kappa shape index (κ2) is 9.24. The molecule has 2 N–H and O–H groups in total. The van der Waals surface area contributed by atoms with E-state index in [0.29, 0.717) is 0 Å². The molecule has 9 heteroatoms. The lowest BCUT2D eigenvalue weighted by atomic mass is 10.1. The van der Waals surface area contributed by atoms with Crippen molar-refractivity contribution in [3.63, 3.8) is 0 Å². The summed E-state index contributed by atoms with van der Waals surface area (Å²) in [6, 6.07) is 12.3. The summed E-state index contributed by atoms with van der Waals surface area (Å²) in [5.41, 5.74) is 1.94. The van der Waals surface area contributed by atoms with Crippen molar-refractivity contribution in [3.05, 3.63) is 65.5 Å². The van der Waals surface area contributed by atoms with E-state index in [1.54, 1.807) is 0 Å². The topological polar surface area (TPSA) is 102 Å². The first-order chi connectivity index (χ1) is 12.8. The first kappa shape index (κ1) is 20.5. The minimum Gasteiger partial charge on any atom is -0.455 e. The van der Waals surface area contributed by atoms with Gasteiger partial charge in [-0.2, -0.15) is 4.72 Å². The summed E-state index contributed by atoms with van der Waals surface area (Å²) in [5, 5.41) is 2.60. The maximum Gasteiger partial charge on any atom is 0.321 e. The highest BCUT2D eigenvalue weighted by atomic mass is 32.2. The van der Waals surface area contributed by atoms with Gasteiger partial charge < -0.3 is 10.1 Å². The van der Waals surface area contributed by atoms with E-state index in [-0.39, 0.29) is 6.54 Å². The highest BCUT2D eigenvalue weighted by Crippen LogP contribution is 2.12. The van der Waals surface area contributed by atoms with Gasteiger partial charge in [0.05, 0.1) is 0 Å². The third kappa shape index (κ3) is 6.15. The normalized spacial score (nSPS) is 11.0. The number of benzene rings is 2. The van der Waals surface area contributed by atoms with Crippen molar-refractivity contribution in [2.45, 2.75) is 18.4 Å². The van der Waals surface area contributed by atoms with Crippen LogP contribution in [-0.2, 0) is 30.9 Å². The third-order valence-corrected chi connectivity index (χ3v) is 5.07. The van der Waals surface area contributed by atoms with Crippen molar-refractivity contribution in [2.24, 2.45) is 0 Å². The van der Waals surface area contributed by atoms with Crippen LogP contribution in [0.1, 0.15) is 11.1 Å². The van der Waals surface area contributed by atoms with Crippen LogP contribution in [0.4, 0.5) is 4.39 Å². The largest absolute Gasteiger partial charge is 0.455 e. The van der Waals surface area contributed by atoms with Crippen molar-refractivity contribution in [2.75, 3.05) is 13.2 Å². The molecule has 0 radical (unpaired) electrons. The highest BCUT2D eigenvalue weighted by molar-refractivity contribution is 7.89.